The molecule has 1 aliphatic heterocycles. The van der Waals surface area contributed by atoms with Crippen LogP contribution in [-0.4, -0.2) is 41.0 Å². The summed E-state index contributed by atoms with van der Waals surface area (Å²) in [6.45, 7) is 4.83. The van der Waals surface area contributed by atoms with E-state index in [1.54, 1.807) is 29.7 Å². The minimum Gasteiger partial charge on any atom is -0.345 e. The quantitative estimate of drug-likeness (QED) is 0.739. The lowest BCUT2D eigenvalue weighted by atomic mass is 10.2. The lowest BCUT2D eigenvalue weighted by Gasteiger charge is -2.34. The molecule has 0 amide bonds. The Labute approximate surface area is 138 Å². The Morgan fingerprint density at radius 3 is 2.78 bits per heavy atom. The van der Waals surface area contributed by atoms with Gasteiger partial charge in [-0.2, -0.15) is 0 Å². The molecule has 3 heterocycles. The molecule has 0 radical (unpaired) electrons. The maximum Gasteiger partial charge on any atom is 0.186 e. The highest BCUT2D eigenvalue weighted by atomic mass is 32.1. The summed E-state index contributed by atoms with van der Waals surface area (Å²) in [6, 6.07) is 8.88. The molecule has 0 saturated carbocycles. The topological polar surface area (TPSA) is 32.3 Å². The molecule has 1 fully saturated rings. The van der Waals surface area contributed by atoms with E-state index in [0.29, 0.717) is 0 Å². The van der Waals surface area contributed by atoms with Crippen LogP contribution in [0.3, 0.4) is 0 Å². The third kappa shape index (κ3) is 3.18. The number of aromatic nitrogens is 2. The second kappa shape index (κ2) is 6.22. The molecule has 1 aromatic carbocycles. The molecule has 118 valence electrons. The van der Waals surface area contributed by atoms with Gasteiger partial charge in [0.2, 0.25) is 0 Å². The number of hydrogen-bond acceptors (Lipinski definition) is 5. The SMILES string of the molecule is Fc1ccc2nc(N3CCN(Cc4cccnc4)CC3)sc2c1. The van der Waals surface area contributed by atoms with E-state index in [0.717, 1.165) is 48.1 Å². The summed E-state index contributed by atoms with van der Waals surface area (Å²) in [5.74, 6) is -0.200. The van der Waals surface area contributed by atoms with E-state index in [1.807, 2.05) is 12.3 Å². The third-order valence-electron chi connectivity index (χ3n) is 4.11. The monoisotopic (exact) mass is 328 g/mol. The van der Waals surface area contributed by atoms with Gasteiger partial charge in [0, 0.05) is 45.1 Å². The zero-order valence-electron chi connectivity index (χ0n) is 12.7. The van der Waals surface area contributed by atoms with Gasteiger partial charge >= 0.3 is 0 Å². The van der Waals surface area contributed by atoms with Crippen molar-refractivity contribution in [3.8, 4) is 0 Å². The van der Waals surface area contributed by atoms with Crippen molar-refractivity contribution in [3.63, 3.8) is 0 Å². The van der Waals surface area contributed by atoms with E-state index in [9.17, 15) is 4.39 Å². The fraction of sp³-hybridized carbons (Fsp3) is 0.294. The fourth-order valence-corrected chi connectivity index (χ4v) is 3.91. The van der Waals surface area contributed by atoms with Gasteiger partial charge in [-0.05, 0) is 29.8 Å². The zero-order chi connectivity index (χ0) is 15.6. The van der Waals surface area contributed by atoms with Crippen molar-refractivity contribution in [2.45, 2.75) is 6.54 Å². The summed E-state index contributed by atoms with van der Waals surface area (Å²) >= 11 is 1.57. The number of anilines is 1. The summed E-state index contributed by atoms with van der Waals surface area (Å²) < 4.78 is 14.2. The van der Waals surface area contributed by atoms with Crippen LogP contribution in [0.5, 0.6) is 0 Å². The minimum atomic E-state index is -0.200. The molecular formula is C17H17FN4S. The van der Waals surface area contributed by atoms with Gasteiger partial charge in [-0.1, -0.05) is 17.4 Å². The van der Waals surface area contributed by atoms with Gasteiger partial charge < -0.3 is 4.90 Å². The molecular weight excluding hydrogens is 311 g/mol. The van der Waals surface area contributed by atoms with Crippen molar-refractivity contribution >= 4 is 26.7 Å². The first kappa shape index (κ1) is 14.5. The smallest absolute Gasteiger partial charge is 0.186 e. The molecule has 0 aliphatic carbocycles. The van der Waals surface area contributed by atoms with Crippen LogP contribution in [0.15, 0.2) is 42.7 Å². The van der Waals surface area contributed by atoms with Crippen LogP contribution in [0.4, 0.5) is 9.52 Å². The third-order valence-corrected chi connectivity index (χ3v) is 5.19. The average Bonchev–Trinajstić information content (AvgIpc) is 2.99. The van der Waals surface area contributed by atoms with E-state index in [4.69, 9.17) is 0 Å². The van der Waals surface area contributed by atoms with Crippen molar-refractivity contribution < 1.29 is 4.39 Å². The van der Waals surface area contributed by atoms with Gasteiger partial charge in [-0.3, -0.25) is 9.88 Å². The summed E-state index contributed by atoms with van der Waals surface area (Å²) in [5, 5.41) is 0.992. The van der Waals surface area contributed by atoms with Crippen molar-refractivity contribution in [1.29, 1.82) is 0 Å². The molecule has 2 aromatic heterocycles. The van der Waals surface area contributed by atoms with Gasteiger partial charge in [-0.15, -0.1) is 0 Å². The van der Waals surface area contributed by atoms with E-state index in [2.05, 4.69) is 25.8 Å². The average molecular weight is 328 g/mol. The first-order chi connectivity index (χ1) is 11.3. The molecule has 1 saturated heterocycles. The van der Waals surface area contributed by atoms with Gasteiger partial charge in [0.05, 0.1) is 10.2 Å². The normalized spacial score (nSPS) is 16.1. The number of hydrogen-bond donors (Lipinski definition) is 0. The molecule has 0 spiro atoms. The molecule has 0 bridgehead atoms. The standard InChI is InChI=1S/C17H17FN4S/c18-14-3-4-15-16(10-14)23-17(20-15)22-8-6-21(7-9-22)12-13-2-1-5-19-11-13/h1-5,10-11H,6-9,12H2. The molecule has 3 aromatic rings. The highest BCUT2D eigenvalue weighted by Crippen LogP contribution is 2.29. The Hall–Kier alpha value is -2.05. The summed E-state index contributed by atoms with van der Waals surface area (Å²) in [7, 11) is 0. The fourth-order valence-electron chi connectivity index (χ4n) is 2.87. The molecule has 6 heteroatoms. The number of benzene rings is 1. The molecule has 0 N–H and O–H groups in total. The predicted octanol–water partition coefficient (Wildman–Crippen LogP) is 3.15. The highest BCUT2D eigenvalue weighted by Gasteiger charge is 2.20. The number of rotatable bonds is 3. The molecule has 0 unspecified atom stereocenters. The number of halogens is 1. The highest BCUT2D eigenvalue weighted by molar-refractivity contribution is 7.22. The largest absolute Gasteiger partial charge is 0.345 e. The van der Waals surface area contributed by atoms with Gasteiger partial charge in [0.15, 0.2) is 5.13 Å². The van der Waals surface area contributed by atoms with Crippen LogP contribution in [-0.2, 0) is 6.54 Å². The van der Waals surface area contributed by atoms with Gasteiger partial charge in [0.1, 0.15) is 5.82 Å². The van der Waals surface area contributed by atoms with E-state index in [1.165, 1.54) is 11.6 Å². The first-order valence-electron chi connectivity index (χ1n) is 7.70. The van der Waals surface area contributed by atoms with E-state index < -0.39 is 0 Å². The van der Waals surface area contributed by atoms with Crippen LogP contribution in [0.2, 0.25) is 0 Å². The lowest BCUT2D eigenvalue weighted by Crippen LogP contribution is -2.45. The zero-order valence-corrected chi connectivity index (χ0v) is 13.5. The van der Waals surface area contributed by atoms with Crippen molar-refractivity contribution in [3.05, 3.63) is 54.1 Å². The Balaban J connectivity index is 1.42. The molecule has 0 atom stereocenters. The van der Waals surface area contributed by atoms with Crippen LogP contribution in [0, 0.1) is 5.82 Å². The van der Waals surface area contributed by atoms with Crippen LogP contribution < -0.4 is 4.90 Å². The van der Waals surface area contributed by atoms with Crippen molar-refractivity contribution in [1.82, 2.24) is 14.9 Å². The van der Waals surface area contributed by atoms with Gasteiger partial charge in [-0.25, -0.2) is 9.37 Å². The second-order valence-electron chi connectivity index (χ2n) is 5.73. The van der Waals surface area contributed by atoms with Crippen LogP contribution in [0.25, 0.3) is 10.2 Å². The maximum atomic E-state index is 13.3. The molecule has 23 heavy (non-hydrogen) atoms. The van der Waals surface area contributed by atoms with Crippen LogP contribution in [0.1, 0.15) is 5.56 Å². The lowest BCUT2D eigenvalue weighted by molar-refractivity contribution is 0.249. The molecule has 4 rings (SSSR count). The summed E-state index contributed by atoms with van der Waals surface area (Å²) in [4.78, 5) is 13.5. The Morgan fingerprint density at radius 1 is 1.13 bits per heavy atom. The first-order valence-corrected chi connectivity index (χ1v) is 8.52. The number of pyridine rings is 1. The molecule has 4 nitrogen and oxygen atoms in total. The Morgan fingerprint density at radius 2 is 2.00 bits per heavy atom. The summed E-state index contributed by atoms with van der Waals surface area (Å²) in [5.41, 5.74) is 2.13. The van der Waals surface area contributed by atoms with E-state index >= 15 is 0 Å². The van der Waals surface area contributed by atoms with Crippen molar-refractivity contribution in [2.24, 2.45) is 0 Å². The second-order valence-corrected chi connectivity index (χ2v) is 6.74. The summed E-state index contributed by atoms with van der Waals surface area (Å²) in [6.07, 6.45) is 3.73. The number of fused-ring (bicyclic) bond motifs is 1. The number of piperazine rings is 1. The van der Waals surface area contributed by atoms with Gasteiger partial charge in [0.25, 0.3) is 0 Å². The Kier molecular flexibility index (Phi) is 3.93. The van der Waals surface area contributed by atoms with E-state index in [-0.39, 0.29) is 5.82 Å². The van der Waals surface area contributed by atoms with Crippen LogP contribution >= 0.6 is 11.3 Å². The number of thiazole rings is 1. The maximum absolute atomic E-state index is 13.3. The Bertz CT molecular complexity index is 797. The predicted molar refractivity (Wildman–Crippen MR) is 91.3 cm³/mol. The number of nitrogens with zero attached hydrogens (tertiary/aromatic N) is 4. The van der Waals surface area contributed by atoms with Crippen molar-refractivity contribution in [2.75, 3.05) is 31.1 Å². The molecule has 1 aliphatic rings. The minimum absolute atomic E-state index is 0.200.